The molecule has 0 radical (unpaired) electrons. The fraction of sp³-hybridized carbons (Fsp3) is 0.778. The first-order valence-corrected chi connectivity index (χ1v) is 4.62. The van der Waals surface area contributed by atoms with Crippen LogP contribution in [0.25, 0.3) is 0 Å². The zero-order valence-corrected chi connectivity index (χ0v) is 6.97. The Labute approximate surface area is 74.9 Å². The number of rotatable bonds is 1. The predicted molar refractivity (Wildman–Crippen MR) is 40.7 cm³/mol. The highest BCUT2D eigenvalue weighted by molar-refractivity contribution is 5.84. The number of hydrogen-bond acceptors (Lipinski definition) is 3. The Hall–Kier alpha value is -1.06. The number of carbonyl (C=O) groups excluding carboxylic acids is 1. The molecule has 0 spiro atoms. The lowest BCUT2D eigenvalue weighted by Crippen LogP contribution is -2.31. The summed E-state index contributed by atoms with van der Waals surface area (Å²) in [6, 6.07) is 0. The molecule has 1 aliphatic heterocycles. The third kappa shape index (κ3) is 0.716. The van der Waals surface area contributed by atoms with Gasteiger partial charge in [-0.05, 0) is 18.8 Å². The molecule has 4 heteroatoms. The van der Waals surface area contributed by atoms with Crippen molar-refractivity contribution in [1.29, 1.82) is 0 Å². The topological polar surface area (TPSA) is 63.6 Å². The summed E-state index contributed by atoms with van der Waals surface area (Å²) in [5, 5.41) is 8.97. The molecule has 0 aromatic rings. The second kappa shape index (κ2) is 2.05. The zero-order chi connectivity index (χ0) is 9.16. The van der Waals surface area contributed by atoms with Gasteiger partial charge in [0.05, 0.1) is 11.8 Å². The Bertz CT molecular complexity index is 296. The molecule has 0 aromatic carbocycles. The number of carboxylic acids is 1. The first kappa shape index (κ1) is 7.35. The van der Waals surface area contributed by atoms with Crippen LogP contribution in [0.1, 0.15) is 12.8 Å². The van der Waals surface area contributed by atoms with Gasteiger partial charge in [-0.25, -0.2) is 0 Å². The maximum atomic E-state index is 11.3. The van der Waals surface area contributed by atoms with E-state index in [0.29, 0.717) is 0 Å². The molecule has 0 aromatic heterocycles. The number of esters is 1. The van der Waals surface area contributed by atoms with Crippen LogP contribution in [0.5, 0.6) is 0 Å². The van der Waals surface area contributed by atoms with Crippen LogP contribution < -0.4 is 0 Å². The molecular formula is C9H10O4. The molecule has 2 bridgehead atoms. The summed E-state index contributed by atoms with van der Waals surface area (Å²) < 4.78 is 5.12. The molecule has 5 unspecified atom stereocenters. The smallest absolute Gasteiger partial charge is 0.310 e. The summed E-state index contributed by atoms with van der Waals surface area (Å²) in [4.78, 5) is 22.2. The molecule has 2 aliphatic carbocycles. The van der Waals surface area contributed by atoms with Gasteiger partial charge in [0.2, 0.25) is 0 Å². The Morgan fingerprint density at radius 3 is 2.92 bits per heavy atom. The van der Waals surface area contributed by atoms with E-state index in [0.717, 1.165) is 12.8 Å². The van der Waals surface area contributed by atoms with Crippen molar-refractivity contribution in [2.24, 2.45) is 23.7 Å². The number of carboxylic acid groups (broad SMARTS) is 1. The van der Waals surface area contributed by atoms with Gasteiger partial charge in [0.15, 0.2) is 0 Å². The van der Waals surface area contributed by atoms with Gasteiger partial charge < -0.3 is 9.84 Å². The maximum absolute atomic E-state index is 11.3. The van der Waals surface area contributed by atoms with Gasteiger partial charge >= 0.3 is 11.9 Å². The molecule has 1 saturated heterocycles. The lowest BCUT2D eigenvalue weighted by Gasteiger charge is -2.19. The van der Waals surface area contributed by atoms with E-state index in [1.165, 1.54) is 0 Å². The van der Waals surface area contributed by atoms with E-state index in [1.54, 1.807) is 0 Å². The van der Waals surface area contributed by atoms with Gasteiger partial charge in [0.25, 0.3) is 0 Å². The van der Waals surface area contributed by atoms with Crippen LogP contribution in [-0.2, 0) is 14.3 Å². The maximum Gasteiger partial charge on any atom is 0.310 e. The molecule has 1 heterocycles. The molecule has 70 valence electrons. The van der Waals surface area contributed by atoms with E-state index >= 15 is 0 Å². The molecule has 0 amide bonds. The SMILES string of the molecule is O=C(O)C1C2CC3OC(=O)C1C3C2. The van der Waals surface area contributed by atoms with Crippen molar-refractivity contribution in [2.75, 3.05) is 0 Å². The average Bonchev–Trinajstić information content (AvgIpc) is 2.60. The highest BCUT2D eigenvalue weighted by atomic mass is 16.6. The lowest BCUT2D eigenvalue weighted by atomic mass is 9.80. The quantitative estimate of drug-likeness (QED) is 0.591. The first-order chi connectivity index (χ1) is 6.18. The number of aliphatic carboxylic acids is 1. The minimum Gasteiger partial charge on any atom is -0.481 e. The summed E-state index contributed by atoms with van der Waals surface area (Å²) in [5.41, 5.74) is 0. The van der Waals surface area contributed by atoms with Crippen molar-refractivity contribution in [3.05, 3.63) is 0 Å². The monoisotopic (exact) mass is 182 g/mol. The number of fused-ring (bicyclic) bond motifs is 1. The van der Waals surface area contributed by atoms with Crippen LogP contribution in [0.4, 0.5) is 0 Å². The van der Waals surface area contributed by atoms with Gasteiger partial charge in [-0.1, -0.05) is 0 Å². The van der Waals surface area contributed by atoms with Crippen molar-refractivity contribution < 1.29 is 19.4 Å². The van der Waals surface area contributed by atoms with E-state index in [1.807, 2.05) is 0 Å². The summed E-state index contributed by atoms with van der Waals surface area (Å²) in [7, 11) is 0. The molecule has 5 atom stereocenters. The molecule has 1 N–H and O–H groups in total. The highest BCUT2D eigenvalue weighted by Crippen LogP contribution is 2.57. The second-order valence-corrected chi connectivity index (χ2v) is 4.26. The van der Waals surface area contributed by atoms with Crippen molar-refractivity contribution in [1.82, 2.24) is 0 Å². The second-order valence-electron chi connectivity index (χ2n) is 4.26. The molecule has 13 heavy (non-hydrogen) atoms. The van der Waals surface area contributed by atoms with E-state index < -0.39 is 11.9 Å². The third-order valence-corrected chi connectivity index (χ3v) is 3.77. The zero-order valence-electron chi connectivity index (χ0n) is 6.97. The lowest BCUT2D eigenvalue weighted by molar-refractivity contribution is -0.151. The van der Waals surface area contributed by atoms with Gasteiger partial charge in [0.1, 0.15) is 6.10 Å². The molecule has 3 fully saturated rings. The number of hydrogen-bond donors (Lipinski definition) is 1. The highest BCUT2D eigenvalue weighted by Gasteiger charge is 2.64. The molecule has 3 aliphatic rings. The summed E-state index contributed by atoms with van der Waals surface area (Å²) >= 11 is 0. The van der Waals surface area contributed by atoms with E-state index in [2.05, 4.69) is 0 Å². The standard InChI is InChI=1S/C9H10O4/c10-8(11)6-3-1-4-5(2-3)13-9(12)7(4)6/h3-7H,1-2H2,(H,10,11). The van der Waals surface area contributed by atoms with Crippen LogP contribution in [0.3, 0.4) is 0 Å². The van der Waals surface area contributed by atoms with Crippen LogP contribution in [0, 0.1) is 23.7 Å². The van der Waals surface area contributed by atoms with Gasteiger partial charge in [-0.2, -0.15) is 0 Å². The van der Waals surface area contributed by atoms with Gasteiger partial charge in [-0.15, -0.1) is 0 Å². The summed E-state index contributed by atoms with van der Waals surface area (Å²) in [6.07, 6.45) is 1.68. The van der Waals surface area contributed by atoms with Gasteiger partial charge in [-0.3, -0.25) is 9.59 Å². The van der Waals surface area contributed by atoms with Gasteiger partial charge in [0, 0.05) is 5.92 Å². The normalized spacial score (nSPS) is 51.1. The Kier molecular flexibility index (Phi) is 1.16. The van der Waals surface area contributed by atoms with Crippen LogP contribution in [0.2, 0.25) is 0 Å². The summed E-state index contributed by atoms with van der Waals surface area (Å²) in [6.45, 7) is 0. The molecular weight excluding hydrogens is 172 g/mol. The van der Waals surface area contributed by atoms with Crippen LogP contribution in [-0.4, -0.2) is 23.1 Å². The Morgan fingerprint density at radius 2 is 2.23 bits per heavy atom. The minimum absolute atomic E-state index is 0.0399. The molecule has 3 rings (SSSR count). The van der Waals surface area contributed by atoms with E-state index in [4.69, 9.17) is 9.84 Å². The largest absolute Gasteiger partial charge is 0.481 e. The minimum atomic E-state index is -0.824. The molecule has 4 nitrogen and oxygen atoms in total. The fourth-order valence-electron chi connectivity index (χ4n) is 3.34. The van der Waals surface area contributed by atoms with Crippen molar-refractivity contribution in [2.45, 2.75) is 18.9 Å². The first-order valence-electron chi connectivity index (χ1n) is 4.62. The summed E-state index contributed by atoms with van der Waals surface area (Å²) in [5.74, 6) is -1.50. The van der Waals surface area contributed by atoms with Crippen molar-refractivity contribution in [3.63, 3.8) is 0 Å². The van der Waals surface area contributed by atoms with E-state index in [-0.39, 0.29) is 29.8 Å². The number of ether oxygens (including phenoxy) is 1. The fourth-order valence-corrected chi connectivity index (χ4v) is 3.34. The Balaban J connectivity index is 2.01. The molecule has 2 saturated carbocycles. The number of carbonyl (C=O) groups is 2. The predicted octanol–water partition coefficient (Wildman–Crippen LogP) is 0.269. The van der Waals surface area contributed by atoms with Crippen LogP contribution in [0.15, 0.2) is 0 Å². The van der Waals surface area contributed by atoms with Crippen LogP contribution >= 0.6 is 0 Å². The third-order valence-electron chi connectivity index (χ3n) is 3.77. The van der Waals surface area contributed by atoms with Crippen molar-refractivity contribution >= 4 is 11.9 Å². The Morgan fingerprint density at radius 1 is 1.46 bits per heavy atom. The van der Waals surface area contributed by atoms with E-state index in [9.17, 15) is 9.59 Å². The average molecular weight is 182 g/mol. The van der Waals surface area contributed by atoms with Crippen molar-refractivity contribution in [3.8, 4) is 0 Å².